The van der Waals surface area contributed by atoms with E-state index in [9.17, 15) is 9.59 Å². The lowest BCUT2D eigenvalue weighted by molar-refractivity contribution is -0.118. The molecule has 6 nitrogen and oxygen atoms in total. The maximum Gasteiger partial charge on any atom is 0.262 e. The van der Waals surface area contributed by atoms with Crippen LogP contribution in [0.4, 0.5) is 5.69 Å². The summed E-state index contributed by atoms with van der Waals surface area (Å²) in [5.41, 5.74) is 1.26. The summed E-state index contributed by atoms with van der Waals surface area (Å²) in [6.07, 6.45) is 1.77. The minimum Gasteiger partial charge on any atom is -0.484 e. The minimum absolute atomic E-state index is 0.0544. The number of nitrogens with zero attached hydrogens (tertiary/aromatic N) is 2. The molecule has 2 heterocycles. The number of aromatic nitrogens is 2. The van der Waals surface area contributed by atoms with E-state index in [4.69, 9.17) is 4.74 Å². The fraction of sp³-hybridized carbons (Fsp3) is 0.211. The Kier molecular flexibility index (Phi) is 5.01. The van der Waals surface area contributed by atoms with E-state index in [0.717, 1.165) is 27.6 Å². The van der Waals surface area contributed by atoms with Gasteiger partial charge in [-0.2, -0.15) is 0 Å². The molecule has 0 unspecified atom stereocenters. The molecule has 1 amide bonds. The summed E-state index contributed by atoms with van der Waals surface area (Å²) in [5, 5.41) is 3.29. The second-order valence-electron chi connectivity index (χ2n) is 6.23. The molecule has 27 heavy (non-hydrogen) atoms. The number of amides is 1. The summed E-state index contributed by atoms with van der Waals surface area (Å²) in [6.45, 7) is 0.542. The van der Waals surface area contributed by atoms with Crippen LogP contribution in [0, 0.1) is 0 Å². The molecule has 1 N–H and O–H groups in total. The van der Waals surface area contributed by atoms with E-state index in [2.05, 4.69) is 42.2 Å². The summed E-state index contributed by atoms with van der Waals surface area (Å²) in [6, 6.07) is 10.6. The Balaban J connectivity index is 1.49. The molecule has 4 rings (SSSR count). The van der Waals surface area contributed by atoms with Gasteiger partial charge in [0, 0.05) is 21.9 Å². The standard InChI is InChI=1S/C19H15Br2N3O3/c20-11-3-5-16(14(21)8-11)23-18(25)10-27-12-4-6-15-13(9-12)19(26)24-7-1-2-17(24)22-15/h3-6,8-9H,1-2,7,10H2,(H,23,25). The van der Waals surface area contributed by atoms with E-state index in [1.54, 1.807) is 28.8 Å². The van der Waals surface area contributed by atoms with Gasteiger partial charge >= 0.3 is 0 Å². The van der Waals surface area contributed by atoms with Crippen LogP contribution >= 0.6 is 31.9 Å². The first-order valence-corrected chi connectivity index (χ1v) is 10.0. The number of aryl methyl sites for hydroxylation is 1. The van der Waals surface area contributed by atoms with Crippen LogP contribution in [0.25, 0.3) is 10.9 Å². The molecule has 138 valence electrons. The lowest BCUT2D eigenvalue weighted by Gasteiger charge is -2.10. The third-order valence-electron chi connectivity index (χ3n) is 4.36. The topological polar surface area (TPSA) is 73.2 Å². The molecule has 1 aromatic heterocycles. The third kappa shape index (κ3) is 3.77. The fourth-order valence-electron chi connectivity index (χ4n) is 3.08. The van der Waals surface area contributed by atoms with E-state index in [-0.39, 0.29) is 18.1 Å². The highest BCUT2D eigenvalue weighted by Gasteiger charge is 2.16. The van der Waals surface area contributed by atoms with Gasteiger partial charge in [0.1, 0.15) is 11.6 Å². The van der Waals surface area contributed by atoms with Crippen molar-refractivity contribution in [3.8, 4) is 5.75 Å². The van der Waals surface area contributed by atoms with Gasteiger partial charge in [-0.05, 0) is 58.7 Å². The summed E-state index contributed by atoms with van der Waals surface area (Å²) in [4.78, 5) is 29.3. The molecule has 0 fully saturated rings. The number of halogens is 2. The molecule has 0 atom stereocenters. The van der Waals surface area contributed by atoms with Gasteiger partial charge in [-0.1, -0.05) is 15.9 Å². The third-order valence-corrected chi connectivity index (χ3v) is 5.51. The lowest BCUT2D eigenvalue weighted by atomic mass is 10.2. The van der Waals surface area contributed by atoms with Crippen molar-refractivity contribution in [3.63, 3.8) is 0 Å². The average molecular weight is 493 g/mol. The van der Waals surface area contributed by atoms with Crippen LogP contribution in [0.5, 0.6) is 5.75 Å². The van der Waals surface area contributed by atoms with Crippen LogP contribution in [0.2, 0.25) is 0 Å². The van der Waals surface area contributed by atoms with Crippen molar-refractivity contribution in [1.82, 2.24) is 9.55 Å². The molecule has 2 aromatic carbocycles. The summed E-state index contributed by atoms with van der Waals surface area (Å²) >= 11 is 6.77. The zero-order chi connectivity index (χ0) is 19.0. The molecule has 0 bridgehead atoms. The van der Waals surface area contributed by atoms with Gasteiger partial charge in [-0.3, -0.25) is 14.2 Å². The van der Waals surface area contributed by atoms with Crippen LogP contribution in [0.1, 0.15) is 12.2 Å². The summed E-state index contributed by atoms with van der Waals surface area (Å²) in [5.74, 6) is 1.01. The number of carbonyl (C=O) groups is 1. The molecule has 0 saturated carbocycles. The largest absolute Gasteiger partial charge is 0.484 e. The van der Waals surface area contributed by atoms with Gasteiger partial charge in [0.25, 0.3) is 11.5 Å². The Bertz CT molecular complexity index is 1110. The van der Waals surface area contributed by atoms with Crippen LogP contribution in [-0.4, -0.2) is 22.1 Å². The molecular formula is C19H15Br2N3O3. The SMILES string of the molecule is O=C(COc1ccc2nc3n(c(=O)c2c1)CCC3)Nc1ccc(Br)cc1Br. The molecule has 0 radical (unpaired) electrons. The van der Waals surface area contributed by atoms with Crippen molar-refractivity contribution in [3.05, 3.63) is 61.5 Å². The normalized spacial score (nSPS) is 12.8. The van der Waals surface area contributed by atoms with Gasteiger partial charge in [0.15, 0.2) is 6.61 Å². The van der Waals surface area contributed by atoms with Crippen molar-refractivity contribution in [2.75, 3.05) is 11.9 Å². The molecule has 1 aliphatic rings. The Hall–Kier alpha value is -2.19. The maximum absolute atomic E-state index is 12.6. The highest BCUT2D eigenvalue weighted by molar-refractivity contribution is 9.11. The number of ether oxygens (including phenoxy) is 1. The molecule has 0 aliphatic carbocycles. The number of anilines is 1. The van der Waals surface area contributed by atoms with E-state index in [1.165, 1.54) is 0 Å². The number of hydrogen-bond donors (Lipinski definition) is 1. The van der Waals surface area contributed by atoms with Crippen molar-refractivity contribution < 1.29 is 9.53 Å². The number of fused-ring (bicyclic) bond motifs is 2. The van der Waals surface area contributed by atoms with Crippen molar-refractivity contribution >= 4 is 54.4 Å². The number of nitrogens with one attached hydrogen (secondary N) is 1. The van der Waals surface area contributed by atoms with Gasteiger partial charge in [0.2, 0.25) is 0 Å². The molecular weight excluding hydrogens is 478 g/mol. The molecule has 1 aliphatic heterocycles. The first-order chi connectivity index (χ1) is 13.0. The average Bonchev–Trinajstić information content (AvgIpc) is 3.11. The monoisotopic (exact) mass is 491 g/mol. The smallest absolute Gasteiger partial charge is 0.262 e. The van der Waals surface area contributed by atoms with Gasteiger partial charge in [0.05, 0.1) is 16.6 Å². The van der Waals surface area contributed by atoms with E-state index < -0.39 is 0 Å². The molecule has 0 spiro atoms. The fourth-order valence-corrected chi connectivity index (χ4v) is 4.22. The van der Waals surface area contributed by atoms with E-state index >= 15 is 0 Å². The quantitative estimate of drug-likeness (QED) is 0.599. The molecule has 0 saturated heterocycles. The number of carbonyl (C=O) groups excluding carboxylic acids is 1. The second-order valence-corrected chi connectivity index (χ2v) is 8.00. The highest BCUT2D eigenvalue weighted by atomic mass is 79.9. The molecule has 8 heteroatoms. The lowest BCUT2D eigenvalue weighted by Crippen LogP contribution is -2.22. The van der Waals surface area contributed by atoms with Crippen LogP contribution in [-0.2, 0) is 17.8 Å². The Morgan fingerprint density at radius 1 is 1.22 bits per heavy atom. The first-order valence-electron chi connectivity index (χ1n) is 8.42. The zero-order valence-corrected chi connectivity index (χ0v) is 17.3. The van der Waals surface area contributed by atoms with Crippen molar-refractivity contribution in [1.29, 1.82) is 0 Å². The second kappa shape index (κ2) is 7.44. The predicted octanol–water partition coefficient (Wildman–Crippen LogP) is 3.89. The summed E-state index contributed by atoms with van der Waals surface area (Å²) < 4.78 is 8.96. The van der Waals surface area contributed by atoms with Crippen LogP contribution in [0.3, 0.4) is 0 Å². The maximum atomic E-state index is 12.6. The van der Waals surface area contributed by atoms with Crippen LogP contribution in [0.15, 0.2) is 50.1 Å². The zero-order valence-electron chi connectivity index (χ0n) is 14.2. The number of hydrogen-bond acceptors (Lipinski definition) is 4. The highest BCUT2D eigenvalue weighted by Crippen LogP contribution is 2.26. The van der Waals surface area contributed by atoms with Gasteiger partial charge in [-0.25, -0.2) is 4.98 Å². The van der Waals surface area contributed by atoms with Crippen LogP contribution < -0.4 is 15.6 Å². The van der Waals surface area contributed by atoms with Gasteiger partial charge in [-0.15, -0.1) is 0 Å². The number of rotatable bonds is 4. The Morgan fingerprint density at radius 3 is 2.89 bits per heavy atom. The van der Waals surface area contributed by atoms with Crippen molar-refractivity contribution in [2.24, 2.45) is 0 Å². The van der Waals surface area contributed by atoms with Gasteiger partial charge < -0.3 is 10.1 Å². The predicted molar refractivity (Wildman–Crippen MR) is 110 cm³/mol. The van der Waals surface area contributed by atoms with E-state index in [0.29, 0.717) is 28.9 Å². The Labute approximate surface area is 171 Å². The minimum atomic E-state index is -0.290. The van der Waals surface area contributed by atoms with E-state index in [1.807, 2.05) is 12.1 Å². The number of benzene rings is 2. The first kappa shape index (κ1) is 18.2. The van der Waals surface area contributed by atoms with Crippen molar-refractivity contribution in [2.45, 2.75) is 19.4 Å². The summed E-state index contributed by atoms with van der Waals surface area (Å²) in [7, 11) is 0. The molecule has 3 aromatic rings. The Morgan fingerprint density at radius 2 is 2.07 bits per heavy atom.